The van der Waals surface area contributed by atoms with Crippen molar-refractivity contribution >= 4 is 34.0 Å². The third-order valence-corrected chi connectivity index (χ3v) is 4.65. The van der Waals surface area contributed by atoms with Crippen LogP contribution in [0.5, 0.6) is 0 Å². The summed E-state index contributed by atoms with van der Waals surface area (Å²) in [6.45, 7) is 1.88. The topological polar surface area (TPSA) is 108 Å². The molecule has 6 nitrogen and oxygen atoms in total. The Kier molecular flexibility index (Phi) is 4.37. The number of hydrogen-bond acceptors (Lipinski definition) is 4. The molecule has 0 saturated carbocycles. The van der Waals surface area contributed by atoms with Crippen LogP contribution in [0.2, 0.25) is 0 Å². The summed E-state index contributed by atoms with van der Waals surface area (Å²) in [4.78, 5) is 20.1. The van der Waals surface area contributed by atoms with Crippen LogP contribution in [0, 0.1) is 12.3 Å². The number of carbonyl (C=O) groups is 1. The van der Waals surface area contributed by atoms with Crippen molar-refractivity contribution in [3.8, 4) is 0 Å². The van der Waals surface area contributed by atoms with Crippen molar-refractivity contribution in [3.63, 3.8) is 0 Å². The predicted molar refractivity (Wildman–Crippen MR) is 118 cm³/mol. The molecule has 0 fully saturated rings. The van der Waals surface area contributed by atoms with E-state index in [0.717, 1.165) is 22.2 Å². The molecule has 0 aliphatic rings. The maximum atomic E-state index is 12.8. The van der Waals surface area contributed by atoms with Crippen LogP contribution in [0.15, 0.2) is 67.0 Å². The Morgan fingerprint density at radius 2 is 1.89 bits per heavy atom. The molecule has 0 atom stereocenters. The molecule has 1 heterocycles. The Labute approximate surface area is 166 Å². The number of nitrogens with two attached hydrogens (primary N) is 1. The summed E-state index contributed by atoms with van der Waals surface area (Å²) in [5.74, 6) is -0.232. The van der Waals surface area contributed by atoms with E-state index >= 15 is 0 Å². The molecule has 0 aliphatic heterocycles. The van der Waals surface area contributed by atoms with Crippen molar-refractivity contribution in [1.82, 2.24) is 9.97 Å². The van der Waals surface area contributed by atoms with Gasteiger partial charge in [0, 0.05) is 32.3 Å². The van der Waals surface area contributed by atoms with Crippen LogP contribution in [-0.4, -0.2) is 21.6 Å². The number of imidazole rings is 1. The van der Waals surface area contributed by atoms with Crippen molar-refractivity contribution in [1.29, 1.82) is 5.41 Å². The zero-order valence-electron chi connectivity index (χ0n) is 15.3. The maximum absolute atomic E-state index is 12.8. The van der Waals surface area contributed by atoms with Gasteiger partial charge in [0.25, 0.3) is 5.91 Å². The second kappa shape index (κ2) is 7.00. The summed E-state index contributed by atoms with van der Waals surface area (Å²) >= 11 is 0. The van der Waals surface area contributed by atoms with E-state index in [1.807, 2.05) is 43.3 Å². The number of nitrogens with zero attached hydrogens (tertiary/aromatic N) is 1. The Morgan fingerprint density at radius 3 is 2.68 bits per heavy atom. The first-order valence-electron chi connectivity index (χ1n) is 8.82. The molecule has 28 heavy (non-hydrogen) atoms. The Balaban J connectivity index is 0.00000160. The number of aryl methyl sites for hydroxylation is 1. The highest BCUT2D eigenvalue weighted by Gasteiger charge is 2.14. The third-order valence-electron chi connectivity index (χ3n) is 4.65. The lowest BCUT2D eigenvalue weighted by molar-refractivity contribution is 0.102. The van der Waals surface area contributed by atoms with E-state index < -0.39 is 0 Å². The van der Waals surface area contributed by atoms with Crippen molar-refractivity contribution in [3.05, 3.63) is 89.2 Å². The molecule has 144 valence electrons. The number of fused-ring (bicyclic) bond motifs is 1. The minimum Gasteiger partial charge on any atom is -0.398 e. The van der Waals surface area contributed by atoms with Crippen LogP contribution >= 0.6 is 0 Å². The first kappa shape index (κ1) is 17.5. The van der Waals surface area contributed by atoms with Gasteiger partial charge >= 0.3 is 0 Å². The molecule has 0 spiro atoms. The number of carbonyl (C=O) groups excluding carboxylic acids is 1. The van der Waals surface area contributed by atoms with Gasteiger partial charge in [-0.05, 0) is 42.8 Å². The van der Waals surface area contributed by atoms with Crippen molar-refractivity contribution in [2.45, 2.75) is 6.92 Å². The molecule has 3 aromatic carbocycles. The molecular formula is C22H25N5O. The van der Waals surface area contributed by atoms with Crippen LogP contribution in [0.25, 0.3) is 11.0 Å². The molecule has 1 aromatic heterocycles. The molecule has 0 aliphatic carbocycles. The molecule has 0 radical (unpaired) electrons. The summed E-state index contributed by atoms with van der Waals surface area (Å²) in [5.41, 5.74) is 11.8. The number of hydrogen-bond donors (Lipinski definition) is 4. The number of aromatic nitrogens is 2. The largest absolute Gasteiger partial charge is 0.398 e. The van der Waals surface area contributed by atoms with E-state index in [1.165, 1.54) is 0 Å². The second-order valence-electron chi connectivity index (χ2n) is 6.58. The highest BCUT2D eigenvalue weighted by molar-refractivity contribution is 6.15. The van der Waals surface area contributed by atoms with Crippen molar-refractivity contribution < 1.29 is 9.07 Å². The van der Waals surface area contributed by atoms with Crippen LogP contribution in [0.4, 0.5) is 11.4 Å². The molecule has 5 N–H and O–H groups in total. The lowest BCUT2D eigenvalue weighted by Crippen LogP contribution is -2.14. The van der Waals surface area contributed by atoms with Crippen LogP contribution in [0.3, 0.4) is 0 Å². The van der Waals surface area contributed by atoms with Crippen molar-refractivity contribution in [2.24, 2.45) is 0 Å². The highest BCUT2D eigenvalue weighted by Crippen LogP contribution is 2.23. The van der Waals surface area contributed by atoms with Crippen LogP contribution in [-0.2, 0) is 0 Å². The van der Waals surface area contributed by atoms with E-state index in [-0.39, 0.29) is 10.2 Å². The smallest absolute Gasteiger partial charge is 0.256 e. The van der Waals surface area contributed by atoms with Crippen LogP contribution in [0.1, 0.15) is 31.3 Å². The van der Waals surface area contributed by atoms with Gasteiger partial charge in [0.1, 0.15) is 0 Å². The van der Waals surface area contributed by atoms with E-state index in [0.29, 0.717) is 28.2 Å². The maximum Gasteiger partial charge on any atom is 0.256 e. The van der Waals surface area contributed by atoms with Crippen molar-refractivity contribution in [2.75, 3.05) is 11.1 Å². The monoisotopic (exact) mass is 375 g/mol. The molecule has 4 rings (SSSR count). The first-order chi connectivity index (χ1) is 13.5. The Morgan fingerprint density at radius 1 is 1.11 bits per heavy atom. The van der Waals surface area contributed by atoms with E-state index in [2.05, 4.69) is 15.3 Å². The predicted octanol–water partition coefficient (Wildman–Crippen LogP) is 4.86. The molecule has 6 heteroatoms. The summed E-state index contributed by atoms with van der Waals surface area (Å²) in [6.07, 6.45) is 1.60. The number of aromatic amines is 1. The average Bonchev–Trinajstić information content (AvgIpc) is 3.16. The number of amides is 1. The fraction of sp³-hybridized carbons (Fsp3) is 0.0455. The molecule has 0 saturated heterocycles. The van der Waals surface area contributed by atoms with Gasteiger partial charge in [-0.15, -0.1) is 0 Å². The number of benzene rings is 3. The normalized spacial score (nSPS) is 10.8. The number of anilines is 2. The van der Waals surface area contributed by atoms with Gasteiger partial charge in [-0.1, -0.05) is 30.3 Å². The lowest BCUT2D eigenvalue weighted by Gasteiger charge is -2.12. The quantitative estimate of drug-likeness (QED) is 0.302. The van der Waals surface area contributed by atoms with Gasteiger partial charge in [-0.3, -0.25) is 10.2 Å². The molecule has 0 unspecified atom stereocenters. The number of H-pyrrole nitrogens is 1. The summed E-state index contributed by atoms with van der Waals surface area (Å²) < 4.78 is 0. The standard InChI is InChI=1S/C22H19N5O.3H2/c1-13-9-19-20(26-12-25-19)11-16(13)22(28)27-15-7-8-18(23)17(10-15)21(24)14-5-3-2-4-6-14;;;/h2-12,24H,23H2,1H3,(H,25,26)(H,27,28);3*1H. The molecule has 1 amide bonds. The van der Waals surface area contributed by atoms with E-state index in [4.69, 9.17) is 11.1 Å². The second-order valence-corrected chi connectivity index (χ2v) is 6.58. The lowest BCUT2D eigenvalue weighted by atomic mass is 10.00. The molecule has 4 aromatic rings. The Hall–Kier alpha value is -3.93. The SMILES string of the molecule is Cc1cc2[nH]cnc2cc1C(=O)Nc1ccc(N)c(C(=N)c2ccccc2)c1.[HH].[HH].[HH]. The molecule has 0 bridgehead atoms. The summed E-state index contributed by atoms with van der Waals surface area (Å²) in [6, 6.07) is 18.2. The number of nitrogens with one attached hydrogen (secondary N) is 3. The number of rotatable bonds is 4. The molecular weight excluding hydrogens is 350 g/mol. The van der Waals surface area contributed by atoms with Gasteiger partial charge in [0.05, 0.1) is 23.1 Å². The summed E-state index contributed by atoms with van der Waals surface area (Å²) in [5, 5.41) is 11.4. The number of nitrogen functional groups attached to an aromatic ring is 1. The van der Waals surface area contributed by atoms with Gasteiger partial charge in [0.15, 0.2) is 0 Å². The van der Waals surface area contributed by atoms with Gasteiger partial charge in [-0.25, -0.2) is 4.98 Å². The zero-order valence-corrected chi connectivity index (χ0v) is 15.3. The van der Waals surface area contributed by atoms with Gasteiger partial charge < -0.3 is 16.0 Å². The summed E-state index contributed by atoms with van der Waals surface area (Å²) in [7, 11) is 0. The van der Waals surface area contributed by atoms with E-state index in [9.17, 15) is 4.79 Å². The van der Waals surface area contributed by atoms with Gasteiger partial charge in [-0.2, -0.15) is 0 Å². The fourth-order valence-corrected chi connectivity index (χ4v) is 3.14. The minimum atomic E-state index is -0.232. The zero-order chi connectivity index (χ0) is 19.7. The van der Waals surface area contributed by atoms with Crippen LogP contribution < -0.4 is 11.1 Å². The minimum absolute atomic E-state index is 0. The fourth-order valence-electron chi connectivity index (χ4n) is 3.14. The highest BCUT2D eigenvalue weighted by atomic mass is 16.1. The van der Waals surface area contributed by atoms with E-state index in [1.54, 1.807) is 30.6 Å². The average molecular weight is 375 g/mol. The van der Waals surface area contributed by atoms with Gasteiger partial charge in [0.2, 0.25) is 0 Å². The first-order valence-corrected chi connectivity index (χ1v) is 8.82. The Bertz CT molecular complexity index is 1210. The third kappa shape index (κ3) is 3.23.